The first-order valence-electron chi connectivity index (χ1n) is 11.8. The molecular formula is C23H33NO9. The Morgan fingerprint density at radius 3 is 2.76 bits per heavy atom. The standard InChI is InChI=1S/C23H33NO9/c1-11-3-6-15-22(9-11)7-8-24-10-12-13(4-5-14(31-15)16(12)22)32-21-19(26)23(29,30-2)18(25)17(33-21)20(27)28/h8,11-13,15,17-19,21,25-26,29H,3-7,9-10H2,1-2H3,(H,27,28)/t11?,12-,13?,15-,17-,18+,19-,21+,22?,23+/m0/s1. The van der Waals surface area contributed by atoms with Crippen LogP contribution >= 0.6 is 0 Å². The molecule has 5 aliphatic rings. The lowest BCUT2D eigenvalue weighted by Gasteiger charge is -2.48. The van der Waals surface area contributed by atoms with E-state index in [4.69, 9.17) is 18.9 Å². The topological polar surface area (TPSA) is 147 Å². The third-order valence-electron chi connectivity index (χ3n) is 8.29. The van der Waals surface area contributed by atoms with Crippen LogP contribution in [0.4, 0.5) is 0 Å². The van der Waals surface area contributed by atoms with E-state index in [0.29, 0.717) is 25.3 Å². The summed E-state index contributed by atoms with van der Waals surface area (Å²) < 4.78 is 23.0. The first kappa shape index (κ1) is 23.2. The van der Waals surface area contributed by atoms with Gasteiger partial charge in [0.1, 0.15) is 12.2 Å². The van der Waals surface area contributed by atoms with E-state index >= 15 is 0 Å². The van der Waals surface area contributed by atoms with Crippen LogP contribution in [-0.4, -0.2) is 88.9 Å². The molecule has 0 radical (unpaired) electrons. The summed E-state index contributed by atoms with van der Waals surface area (Å²) in [5.74, 6) is -2.54. The van der Waals surface area contributed by atoms with Gasteiger partial charge in [-0.1, -0.05) is 6.92 Å². The van der Waals surface area contributed by atoms with Crippen molar-refractivity contribution >= 4 is 12.2 Å². The zero-order valence-corrected chi connectivity index (χ0v) is 18.9. The van der Waals surface area contributed by atoms with E-state index in [1.165, 1.54) is 5.57 Å². The zero-order chi connectivity index (χ0) is 23.5. The van der Waals surface area contributed by atoms with Gasteiger partial charge in [-0.05, 0) is 49.8 Å². The number of carboxylic acids is 1. The first-order chi connectivity index (χ1) is 15.7. The molecule has 10 heteroatoms. The van der Waals surface area contributed by atoms with Crippen molar-refractivity contribution < 1.29 is 44.2 Å². The summed E-state index contributed by atoms with van der Waals surface area (Å²) >= 11 is 0. The number of aliphatic carboxylic acids is 1. The fraction of sp³-hybridized carbons (Fsp3) is 0.826. The summed E-state index contributed by atoms with van der Waals surface area (Å²) in [4.78, 5) is 16.3. The molecule has 3 heterocycles. The Bertz CT molecular complexity index is 861. The van der Waals surface area contributed by atoms with Gasteiger partial charge in [0.15, 0.2) is 18.5 Å². The normalized spacial score (nSPS) is 49.1. The molecule has 33 heavy (non-hydrogen) atoms. The number of hydrogen-bond donors (Lipinski definition) is 4. The van der Waals surface area contributed by atoms with Gasteiger partial charge < -0.3 is 39.4 Å². The second-order valence-corrected chi connectivity index (χ2v) is 10.2. The molecule has 1 saturated carbocycles. The smallest absolute Gasteiger partial charge is 0.335 e. The lowest BCUT2D eigenvalue weighted by Crippen LogP contribution is -2.69. The highest BCUT2D eigenvalue weighted by atomic mass is 16.7. The van der Waals surface area contributed by atoms with Crippen molar-refractivity contribution in [2.24, 2.45) is 22.2 Å². The number of aliphatic hydroxyl groups is 3. The molecule has 1 spiro atoms. The molecule has 10 nitrogen and oxygen atoms in total. The van der Waals surface area contributed by atoms with Crippen molar-refractivity contribution in [3.63, 3.8) is 0 Å². The molecule has 2 fully saturated rings. The predicted molar refractivity (Wildman–Crippen MR) is 113 cm³/mol. The van der Waals surface area contributed by atoms with Crippen molar-refractivity contribution in [3.8, 4) is 0 Å². The second kappa shape index (κ2) is 8.28. The van der Waals surface area contributed by atoms with Crippen LogP contribution in [-0.2, 0) is 23.7 Å². The van der Waals surface area contributed by atoms with Gasteiger partial charge in [-0.25, -0.2) is 4.79 Å². The molecule has 3 unspecified atom stereocenters. The van der Waals surface area contributed by atoms with Crippen molar-refractivity contribution in [1.29, 1.82) is 0 Å². The summed E-state index contributed by atoms with van der Waals surface area (Å²) in [5, 5.41) is 41.2. The van der Waals surface area contributed by atoms with E-state index in [9.17, 15) is 25.2 Å². The quantitative estimate of drug-likeness (QED) is 0.436. The Labute approximate surface area is 192 Å². The number of ether oxygens (including phenoxy) is 4. The van der Waals surface area contributed by atoms with Gasteiger partial charge in [-0.15, -0.1) is 0 Å². The number of aliphatic imine (C=N–C) groups is 1. The number of nitrogens with zero attached hydrogens (tertiary/aromatic N) is 1. The Morgan fingerprint density at radius 1 is 1.24 bits per heavy atom. The Kier molecular flexibility index (Phi) is 5.82. The number of allylic oxidation sites excluding steroid dienone is 1. The van der Waals surface area contributed by atoms with E-state index in [-0.39, 0.29) is 17.4 Å². The summed E-state index contributed by atoms with van der Waals surface area (Å²) in [6.07, 6.45) is -0.205. The SMILES string of the molecule is CO[C@]1(O)[C@H](O)[C@@H](C(=O)O)O[C@@H](OC2CCC3=C4[C@H]2CN=CCC42CC(C)CC[C@@H]2O3)[C@@H]1O. The average Bonchev–Trinajstić information content (AvgIpc) is 2.98. The highest BCUT2D eigenvalue weighted by molar-refractivity contribution is 5.73. The van der Waals surface area contributed by atoms with Gasteiger partial charge in [0, 0.05) is 31.4 Å². The minimum Gasteiger partial charge on any atom is -0.494 e. The fourth-order valence-corrected chi connectivity index (χ4v) is 6.67. The van der Waals surface area contributed by atoms with Crippen molar-refractivity contribution in [1.82, 2.24) is 0 Å². The van der Waals surface area contributed by atoms with Gasteiger partial charge >= 0.3 is 5.97 Å². The molecule has 0 aromatic rings. The molecule has 0 amide bonds. The molecule has 1 saturated heterocycles. The van der Waals surface area contributed by atoms with Crippen molar-refractivity contribution in [3.05, 3.63) is 11.3 Å². The van der Waals surface area contributed by atoms with Gasteiger partial charge in [0.25, 0.3) is 0 Å². The fourth-order valence-electron chi connectivity index (χ4n) is 6.67. The molecule has 4 N–H and O–H groups in total. The summed E-state index contributed by atoms with van der Waals surface area (Å²) in [5.41, 5.74) is 1.13. The lowest BCUT2D eigenvalue weighted by molar-refractivity contribution is -0.393. The molecular weight excluding hydrogens is 434 g/mol. The maximum Gasteiger partial charge on any atom is 0.335 e. The first-order valence-corrected chi connectivity index (χ1v) is 11.8. The Morgan fingerprint density at radius 2 is 2.03 bits per heavy atom. The average molecular weight is 468 g/mol. The third-order valence-corrected chi connectivity index (χ3v) is 8.29. The lowest BCUT2D eigenvalue weighted by atomic mass is 9.59. The van der Waals surface area contributed by atoms with Gasteiger partial charge in [-0.3, -0.25) is 4.99 Å². The number of rotatable bonds is 4. The predicted octanol–water partition coefficient (Wildman–Crippen LogP) is 0.582. The highest BCUT2D eigenvalue weighted by Crippen LogP contribution is 2.60. The second-order valence-electron chi connectivity index (χ2n) is 10.2. The maximum absolute atomic E-state index is 11.6. The van der Waals surface area contributed by atoms with Crippen LogP contribution in [0.3, 0.4) is 0 Å². The van der Waals surface area contributed by atoms with Crippen LogP contribution in [0.5, 0.6) is 0 Å². The Hall–Kier alpha value is -1.56. The largest absolute Gasteiger partial charge is 0.494 e. The van der Waals surface area contributed by atoms with Crippen LogP contribution in [0.1, 0.15) is 45.4 Å². The number of hydrogen-bond acceptors (Lipinski definition) is 9. The molecule has 184 valence electrons. The minimum atomic E-state index is -2.55. The van der Waals surface area contributed by atoms with Crippen LogP contribution < -0.4 is 0 Å². The van der Waals surface area contributed by atoms with Gasteiger partial charge in [0.05, 0.1) is 11.9 Å². The van der Waals surface area contributed by atoms with Crippen LogP contribution in [0, 0.1) is 17.3 Å². The molecule has 10 atom stereocenters. The van der Waals surface area contributed by atoms with Crippen molar-refractivity contribution in [2.45, 2.75) is 88.0 Å². The number of carboxylic acid groups (broad SMARTS) is 1. The summed E-state index contributed by atoms with van der Waals surface area (Å²) in [7, 11) is 1.08. The van der Waals surface area contributed by atoms with Gasteiger partial charge in [0.2, 0.25) is 5.79 Å². The molecule has 3 aliphatic heterocycles. The van der Waals surface area contributed by atoms with E-state index in [2.05, 4.69) is 11.9 Å². The minimum absolute atomic E-state index is 0.107. The third kappa shape index (κ3) is 3.45. The Balaban J connectivity index is 1.43. The zero-order valence-electron chi connectivity index (χ0n) is 18.9. The monoisotopic (exact) mass is 467 g/mol. The van der Waals surface area contributed by atoms with Gasteiger partial charge in [-0.2, -0.15) is 0 Å². The highest BCUT2D eigenvalue weighted by Gasteiger charge is 2.61. The molecule has 0 aromatic heterocycles. The van der Waals surface area contributed by atoms with Crippen LogP contribution in [0.15, 0.2) is 16.3 Å². The summed E-state index contributed by atoms with van der Waals surface area (Å²) in [6, 6.07) is 0. The van der Waals surface area contributed by atoms with Crippen LogP contribution in [0.25, 0.3) is 0 Å². The van der Waals surface area contributed by atoms with E-state index in [1.807, 2.05) is 6.21 Å². The number of carbonyl (C=O) groups is 1. The molecule has 2 aliphatic carbocycles. The van der Waals surface area contributed by atoms with E-state index in [0.717, 1.165) is 38.6 Å². The number of aliphatic hydroxyl groups excluding tert-OH is 2. The number of methoxy groups -OCH3 is 1. The van der Waals surface area contributed by atoms with Crippen molar-refractivity contribution in [2.75, 3.05) is 13.7 Å². The van der Waals surface area contributed by atoms with Crippen LogP contribution in [0.2, 0.25) is 0 Å². The molecule has 0 bridgehead atoms. The van der Waals surface area contributed by atoms with E-state index in [1.54, 1.807) is 0 Å². The maximum atomic E-state index is 11.6. The van der Waals surface area contributed by atoms with E-state index < -0.39 is 42.5 Å². The summed E-state index contributed by atoms with van der Waals surface area (Å²) in [6.45, 7) is 2.77. The molecule has 5 rings (SSSR count). The molecule has 0 aromatic carbocycles.